The average molecular weight is 420 g/mol. The summed E-state index contributed by atoms with van der Waals surface area (Å²) in [5.41, 5.74) is -2.11. The van der Waals surface area contributed by atoms with Crippen LogP contribution in [-0.2, 0) is 9.53 Å². The fourth-order valence-corrected chi connectivity index (χ4v) is 8.46. The molecule has 4 fully saturated rings. The maximum absolute atomic E-state index is 12.2. The number of fused-ring (bicyclic) bond motifs is 5. The Morgan fingerprint density at radius 3 is 2.57 bits per heavy atom. The lowest BCUT2D eigenvalue weighted by molar-refractivity contribution is -0.237. The molecule has 0 amide bonds. The Balaban J connectivity index is 1.53. The van der Waals surface area contributed by atoms with Crippen molar-refractivity contribution in [3.63, 3.8) is 0 Å². The summed E-state index contributed by atoms with van der Waals surface area (Å²) in [5.74, 6) is -0.203. The minimum absolute atomic E-state index is 0.00749. The molecule has 1 aliphatic heterocycles. The number of oxime groups is 1. The number of carbonyl (C=O) groups excluding carboxylic acids is 1. The first-order chi connectivity index (χ1) is 14.2. The quantitative estimate of drug-likeness (QED) is 0.236. The van der Waals surface area contributed by atoms with E-state index in [-0.39, 0.29) is 35.6 Å². The summed E-state index contributed by atoms with van der Waals surface area (Å²) in [6.07, 6.45) is 8.20. The molecule has 0 radical (unpaired) electrons. The Bertz CT molecular complexity index is 812. The topological polar surface area (TPSA) is 120 Å². The van der Waals surface area contributed by atoms with Gasteiger partial charge in [-0.15, -0.1) is 5.16 Å². The Hall–Kier alpha value is -1.44. The van der Waals surface area contributed by atoms with Crippen LogP contribution in [0.25, 0.3) is 0 Å². The maximum atomic E-state index is 12.2. The Morgan fingerprint density at radius 1 is 1.10 bits per heavy atom. The Morgan fingerprint density at radius 2 is 1.87 bits per heavy atom. The molecule has 7 nitrogen and oxygen atoms in total. The van der Waals surface area contributed by atoms with E-state index in [2.05, 4.69) is 12.1 Å². The van der Waals surface area contributed by atoms with E-state index >= 15 is 0 Å². The van der Waals surface area contributed by atoms with Crippen molar-refractivity contribution in [1.29, 1.82) is 0 Å². The fourth-order valence-electron chi connectivity index (χ4n) is 8.46. The van der Waals surface area contributed by atoms with Crippen molar-refractivity contribution in [3.8, 4) is 0 Å². The van der Waals surface area contributed by atoms with Crippen LogP contribution < -0.4 is 0 Å². The van der Waals surface area contributed by atoms with Gasteiger partial charge in [0.2, 0.25) is 0 Å². The van der Waals surface area contributed by atoms with Gasteiger partial charge in [0, 0.05) is 23.3 Å². The van der Waals surface area contributed by atoms with Gasteiger partial charge in [-0.3, -0.25) is 0 Å². The van der Waals surface area contributed by atoms with Gasteiger partial charge in [0.1, 0.15) is 6.61 Å². The standard InChI is InChI=1S/C23H33NO6/c1-20-6-3-17-18(23(20,28)9-5-16(20)14-10-19(26)30-12-14)4-8-22(27)11-15(25)2-7-21(17,22)13-24-29/h10,13,15-18,25,27-29H,2-9,11-12H2,1H3/b24-13-/t15-,16+,17-,18+,20+,21+,22+,23+/m1/s1. The second-order valence-electron chi connectivity index (χ2n) is 10.8. The summed E-state index contributed by atoms with van der Waals surface area (Å²) in [4.78, 5) is 11.7. The lowest BCUT2D eigenvalue weighted by Crippen LogP contribution is -2.68. The van der Waals surface area contributed by atoms with Gasteiger partial charge in [-0.2, -0.15) is 0 Å². The molecule has 0 aromatic carbocycles. The molecule has 8 atom stereocenters. The summed E-state index contributed by atoms with van der Waals surface area (Å²) >= 11 is 0. The van der Waals surface area contributed by atoms with Crippen LogP contribution in [0.1, 0.15) is 64.7 Å². The third kappa shape index (κ3) is 2.43. The van der Waals surface area contributed by atoms with Crippen LogP contribution in [0, 0.1) is 28.6 Å². The molecule has 0 aromatic rings. The molecule has 4 aliphatic carbocycles. The summed E-state index contributed by atoms with van der Waals surface area (Å²) in [7, 11) is 0. The van der Waals surface area contributed by atoms with E-state index in [0.717, 1.165) is 24.8 Å². The molecule has 5 rings (SSSR count). The minimum Gasteiger partial charge on any atom is -0.458 e. The molecular formula is C23H33NO6. The van der Waals surface area contributed by atoms with Crippen molar-refractivity contribution in [2.45, 2.75) is 82.0 Å². The van der Waals surface area contributed by atoms with E-state index in [0.29, 0.717) is 38.7 Å². The van der Waals surface area contributed by atoms with Gasteiger partial charge in [0.25, 0.3) is 0 Å². The number of ether oxygens (including phenoxy) is 1. The third-order valence-electron chi connectivity index (χ3n) is 9.93. The minimum atomic E-state index is -1.12. The Kier molecular flexibility index (Phi) is 4.45. The Labute approximate surface area is 176 Å². The predicted octanol–water partition coefficient (Wildman–Crippen LogP) is 2.16. The normalized spacial score (nSPS) is 53.1. The van der Waals surface area contributed by atoms with Crippen molar-refractivity contribution in [2.24, 2.45) is 33.7 Å². The van der Waals surface area contributed by atoms with Gasteiger partial charge < -0.3 is 25.3 Å². The van der Waals surface area contributed by atoms with Gasteiger partial charge in [-0.05, 0) is 74.7 Å². The number of hydrogen-bond acceptors (Lipinski definition) is 7. The van der Waals surface area contributed by atoms with E-state index in [1.165, 1.54) is 6.21 Å². The number of aliphatic hydroxyl groups is 3. The number of rotatable bonds is 2. The van der Waals surface area contributed by atoms with Crippen LogP contribution >= 0.6 is 0 Å². The lowest BCUT2D eigenvalue weighted by Gasteiger charge is -2.65. The zero-order valence-electron chi connectivity index (χ0n) is 17.6. The second kappa shape index (κ2) is 6.53. The lowest BCUT2D eigenvalue weighted by atomic mass is 9.41. The van der Waals surface area contributed by atoms with E-state index in [1.54, 1.807) is 6.08 Å². The molecule has 166 valence electrons. The van der Waals surface area contributed by atoms with Gasteiger partial charge in [0.05, 0.1) is 23.5 Å². The molecule has 0 spiro atoms. The van der Waals surface area contributed by atoms with E-state index in [9.17, 15) is 25.3 Å². The molecule has 0 aromatic heterocycles. The smallest absolute Gasteiger partial charge is 0.331 e. The molecule has 1 heterocycles. The number of carbonyl (C=O) groups is 1. The zero-order valence-corrected chi connectivity index (χ0v) is 17.6. The van der Waals surface area contributed by atoms with Crippen LogP contribution in [-0.4, -0.2) is 56.6 Å². The summed E-state index contributed by atoms with van der Waals surface area (Å²) in [6.45, 7) is 2.48. The van der Waals surface area contributed by atoms with Crippen LogP contribution in [0.4, 0.5) is 0 Å². The van der Waals surface area contributed by atoms with Crippen LogP contribution in [0.3, 0.4) is 0 Å². The first-order valence-corrected chi connectivity index (χ1v) is 11.4. The average Bonchev–Trinajstić information content (AvgIpc) is 3.23. The molecule has 0 unspecified atom stereocenters. The van der Waals surface area contributed by atoms with E-state index in [4.69, 9.17) is 4.74 Å². The molecule has 4 saturated carbocycles. The number of hydrogen-bond donors (Lipinski definition) is 4. The van der Waals surface area contributed by atoms with Crippen LogP contribution in [0.5, 0.6) is 0 Å². The second-order valence-corrected chi connectivity index (χ2v) is 10.8. The third-order valence-corrected chi connectivity index (χ3v) is 9.93. The number of cyclic esters (lactones) is 1. The molecule has 0 bridgehead atoms. The highest BCUT2D eigenvalue weighted by Gasteiger charge is 2.71. The number of nitrogens with zero attached hydrogens (tertiary/aromatic N) is 1. The summed E-state index contributed by atoms with van der Waals surface area (Å²) in [6, 6.07) is 0. The summed E-state index contributed by atoms with van der Waals surface area (Å²) < 4.78 is 5.17. The van der Waals surface area contributed by atoms with E-state index < -0.39 is 22.7 Å². The SMILES string of the molecule is C[C@@]12CC[C@@H]3[C@H](CC[C@]4(O)C[C@H](O)CC[C@]34/C=N\O)[C@@]1(O)CC[C@H]2C1=CC(=O)OC1. The highest BCUT2D eigenvalue weighted by Crippen LogP contribution is 2.70. The number of aliphatic hydroxyl groups excluding tert-OH is 1. The monoisotopic (exact) mass is 419 g/mol. The zero-order chi connectivity index (χ0) is 21.4. The molecule has 7 heteroatoms. The predicted molar refractivity (Wildman–Crippen MR) is 108 cm³/mol. The van der Waals surface area contributed by atoms with Crippen molar-refractivity contribution < 1.29 is 30.1 Å². The highest BCUT2D eigenvalue weighted by atomic mass is 16.5. The van der Waals surface area contributed by atoms with Crippen LogP contribution in [0.2, 0.25) is 0 Å². The van der Waals surface area contributed by atoms with Gasteiger partial charge in [-0.25, -0.2) is 4.79 Å². The van der Waals surface area contributed by atoms with Gasteiger partial charge >= 0.3 is 5.97 Å². The fraction of sp³-hybridized carbons (Fsp3) is 0.826. The molecule has 5 aliphatic rings. The molecule has 30 heavy (non-hydrogen) atoms. The molecule has 0 saturated heterocycles. The number of esters is 1. The van der Waals surface area contributed by atoms with Gasteiger partial charge in [0.15, 0.2) is 0 Å². The van der Waals surface area contributed by atoms with Crippen molar-refractivity contribution in [2.75, 3.05) is 6.61 Å². The van der Waals surface area contributed by atoms with Crippen molar-refractivity contribution in [3.05, 3.63) is 11.6 Å². The van der Waals surface area contributed by atoms with Crippen molar-refractivity contribution in [1.82, 2.24) is 0 Å². The van der Waals surface area contributed by atoms with E-state index in [1.807, 2.05) is 0 Å². The molecular weight excluding hydrogens is 386 g/mol. The first kappa shape index (κ1) is 20.5. The van der Waals surface area contributed by atoms with Crippen LogP contribution in [0.15, 0.2) is 16.8 Å². The van der Waals surface area contributed by atoms with Gasteiger partial charge in [-0.1, -0.05) is 6.92 Å². The molecule has 4 N–H and O–H groups in total. The maximum Gasteiger partial charge on any atom is 0.331 e. The van der Waals surface area contributed by atoms with Crippen molar-refractivity contribution >= 4 is 12.2 Å². The highest BCUT2D eigenvalue weighted by molar-refractivity contribution is 5.85. The summed E-state index contributed by atoms with van der Waals surface area (Å²) in [5, 5.41) is 47.0. The largest absolute Gasteiger partial charge is 0.458 e. The first-order valence-electron chi connectivity index (χ1n) is 11.4.